The number of aromatic nitrogens is 2. The van der Waals surface area contributed by atoms with Crippen molar-refractivity contribution in [3.63, 3.8) is 0 Å². The molecular weight excluding hydrogens is 458 g/mol. The van der Waals surface area contributed by atoms with Crippen molar-refractivity contribution in [2.24, 2.45) is 11.8 Å². The average molecular weight is 486 g/mol. The topological polar surface area (TPSA) is 113 Å². The van der Waals surface area contributed by atoms with Crippen molar-refractivity contribution in [2.45, 2.75) is 32.1 Å². The summed E-state index contributed by atoms with van der Waals surface area (Å²) < 4.78 is 1.61. The highest BCUT2D eigenvalue weighted by Gasteiger charge is 2.47. The van der Waals surface area contributed by atoms with Crippen molar-refractivity contribution < 1.29 is 19.2 Å². The van der Waals surface area contributed by atoms with Crippen molar-refractivity contribution in [3.8, 4) is 16.9 Å². The number of likely N-dealkylation sites (tertiary alicyclic amines) is 1. The van der Waals surface area contributed by atoms with Crippen molar-refractivity contribution >= 4 is 23.6 Å². The Morgan fingerprint density at radius 3 is 2.11 bits per heavy atom. The first-order valence-corrected chi connectivity index (χ1v) is 12.2. The molecule has 9 heteroatoms. The van der Waals surface area contributed by atoms with E-state index in [2.05, 4.69) is 16.0 Å². The van der Waals surface area contributed by atoms with Gasteiger partial charge in [-0.3, -0.25) is 34.9 Å². The fraction of sp³-hybridized carbons (Fsp3) is 0.296. The van der Waals surface area contributed by atoms with Gasteiger partial charge in [-0.05, 0) is 25.0 Å². The highest BCUT2D eigenvalue weighted by molar-refractivity contribution is 6.05. The van der Waals surface area contributed by atoms with E-state index in [1.54, 1.807) is 10.9 Å². The second kappa shape index (κ2) is 10.2. The van der Waals surface area contributed by atoms with E-state index < -0.39 is 11.8 Å². The van der Waals surface area contributed by atoms with Crippen molar-refractivity contribution in [2.75, 3.05) is 6.54 Å². The van der Waals surface area contributed by atoms with E-state index in [0.29, 0.717) is 11.3 Å². The molecule has 4 amide bonds. The Hall–Kier alpha value is -4.27. The van der Waals surface area contributed by atoms with Crippen LogP contribution in [0, 0.1) is 11.8 Å². The first-order chi connectivity index (χ1) is 17.5. The van der Waals surface area contributed by atoms with E-state index >= 15 is 0 Å². The van der Waals surface area contributed by atoms with Crippen molar-refractivity contribution in [1.29, 1.82) is 0 Å². The first kappa shape index (κ1) is 23.5. The summed E-state index contributed by atoms with van der Waals surface area (Å²) in [5, 5.41) is 4.60. The monoisotopic (exact) mass is 485 g/mol. The van der Waals surface area contributed by atoms with Crippen LogP contribution >= 0.6 is 0 Å². The van der Waals surface area contributed by atoms with Crippen LogP contribution in [0.25, 0.3) is 16.9 Å². The predicted molar refractivity (Wildman–Crippen MR) is 131 cm³/mol. The molecule has 5 rings (SSSR count). The van der Waals surface area contributed by atoms with Gasteiger partial charge in [0.1, 0.15) is 5.69 Å². The number of fused-ring (bicyclic) bond motifs is 1. The summed E-state index contributed by atoms with van der Waals surface area (Å²) in [5.41, 5.74) is 7.16. The van der Waals surface area contributed by atoms with Crippen LogP contribution in [0.2, 0.25) is 0 Å². The Balaban J connectivity index is 1.24. The SMILES string of the molecule is O=C(CCN1C(=O)[C@H]2CCCC[C@@H]2C1=O)NNC(=O)c1cn(-c2ccccc2)nc1-c1ccccc1. The number of hydrogen-bond donors (Lipinski definition) is 2. The maximum Gasteiger partial charge on any atom is 0.273 e. The predicted octanol–water partition coefficient (Wildman–Crippen LogP) is 2.87. The molecule has 0 unspecified atom stereocenters. The third-order valence-corrected chi connectivity index (χ3v) is 6.84. The smallest absolute Gasteiger partial charge is 0.273 e. The summed E-state index contributed by atoms with van der Waals surface area (Å²) in [6.07, 6.45) is 4.88. The normalized spacial score (nSPS) is 19.2. The lowest BCUT2D eigenvalue weighted by molar-refractivity contribution is -0.140. The zero-order valence-corrected chi connectivity index (χ0v) is 19.7. The van der Waals surface area contributed by atoms with Crippen LogP contribution in [0.15, 0.2) is 66.9 Å². The Labute approximate surface area is 208 Å². The van der Waals surface area contributed by atoms with Gasteiger partial charge in [0.2, 0.25) is 17.7 Å². The molecular formula is C27H27N5O4. The summed E-state index contributed by atoms with van der Waals surface area (Å²) in [6.45, 7) is 0.00752. The number of nitrogens with one attached hydrogen (secondary N) is 2. The zero-order chi connectivity index (χ0) is 25.1. The third kappa shape index (κ3) is 4.64. The van der Waals surface area contributed by atoms with Crippen LogP contribution in [-0.2, 0) is 14.4 Å². The minimum Gasteiger partial charge on any atom is -0.282 e. The lowest BCUT2D eigenvalue weighted by Gasteiger charge is -2.19. The van der Waals surface area contributed by atoms with Gasteiger partial charge in [-0.1, -0.05) is 61.4 Å². The number of hydrogen-bond acceptors (Lipinski definition) is 5. The Morgan fingerprint density at radius 2 is 1.47 bits per heavy atom. The second-order valence-electron chi connectivity index (χ2n) is 9.12. The maximum atomic E-state index is 13.0. The summed E-state index contributed by atoms with van der Waals surface area (Å²) in [6, 6.07) is 18.7. The van der Waals surface area contributed by atoms with Gasteiger partial charge >= 0.3 is 0 Å². The fourth-order valence-corrected chi connectivity index (χ4v) is 4.98. The number of imide groups is 1. The number of nitrogens with zero attached hydrogens (tertiary/aromatic N) is 3. The minimum atomic E-state index is -0.524. The standard InChI is InChI=1S/C27H27N5O4/c33-23(15-16-31-26(35)20-13-7-8-14-21(20)27(31)36)28-29-25(34)22-17-32(19-11-5-2-6-12-19)30-24(22)18-9-3-1-4-10-18/h1-6,9-12,17,20-21H,7-8,13-16H2,(H,28,33)(H,29,34)/t20-,21-/m0/s1. The number of para-hydroxylation sites is 1. The molecule has 2 fully saturated rings. The Morgan fingerprint density at radius 1 is 0.861 bits per heavy atom. The largest absolute Gasteiger partial charge is 0.282 e. The van der Waals surface area contributed by atoms with E-state index in [0.717, 1.165) is 36.9 Å². The minimum absolute atomic E-state index is 0.00752. The molecule has 1 aliphatic heterocycles. The van der Waals surface area contributed by atoms with Crippen LogP contribution in [0.5, 0.6) is 0 Å². The number of carbonyl (C=O) groups is 4. The van der Waals surface area contributed by atoms with E-state index in [4.69, 9.17) is 0 Å². The van der Waals surface area contributed by atoms with Gasteiger partial charge < -0.3 is 0 Å². The number of amides is 4. The van der Waals surface area contributed by atoms with E-state index in [-0.39, 0.29) is 36.6 Å². The third-order valence-electron chi connectivity index (χ3n) is 6.84. The number of rotatable bonds is 6. The molecule has 2 aromatic carbocycles. The molecule has 1 saturated carbocycles. The molecule has 3 aromatic rings. The number of benzene rings is 2. The van der Waals surface area contributed by atoms with E-state index in [1.165, 1.54) is 4.90 Å². The fourth-order valence-electron chi connectivity index (χ4n) is 4.98. The van der Waals surface area contributed by atoms with Crippen LogP contribution in [0.4, 0.5) is 0 Å². The summed E-state index contributed by atoms with van der Waals surface area (Å²) in [4.78, 5) is 51.9. The molecule has 2 N–H and O–H groups in total. The Kier molecular flexibility index (Phi) is 6.62. The summed E-state index contributed by atoms with van der Waals surface area (Å²) in [5.74, 6) is -1.86. The molecule has 0 spiro atoms. The molecule has 2 aliphatic rings. The number of carbonyl (C=O) groups excluding carboxylic acids is 4. The Bertz CT molecular complexity index is 1260. The quantitative estimate of drug-likeness (QED) is 0.412. The molecule has 184 valence electrons. The van der Waals surface area contributed by atoms with Crippen molar-refractivity contribution in [3.05, 3.63) is 72.4 Å². The van der Waals surface area contributed by atoms with Crippen LogP contribution in [0.3, 0.4) is 0 Å². The van der Waals surface area contributed by atoms with Crippen LogP contribution in [0.1, 0.15) is 42.5 Å². The van der Waals surface area contributed by atoms with Gasteiger partial charge in [0.25, 0.3) is 5.91 Å². The van der Waals surface area contributed by atoms with Crippen molar-refractivity contribution in [1.82, 2.24) is 25.5 Å². The van der Waals surface area contributed by atoms with Gasteiger partial charge in [-0.25, -0.2) is 4.68 Å². The van der Waals surface area contributed by atoms with Gasteiger partial charge in [-0.15, -0.1) is 0 Å². The van der Waals surface area contributed by atoms with Crippen LogP contribution < -0.4 is 10.9 Å². The first-order valence-electron chi connectivity index (χ1n) is 12.2. The molecule has 0 radical (unpaired) electrons. The zero-order valence-electron chi connectivity index (χ0n) is 19.7. The summed E-state index contributed by atoms with van der Waals surface area (Å²) >= 11 is 0. The average Bonchev–Trinajstić information content (AvgIpc) is 3.47. The van der Waals surface area contributed by atoms with E-state index in [1.807, 2.05) is 60.7 Å². The second-order valence-corrected chi connectivity index (χ2v) is 9.12. The van der Waals surface area contributed by atoms with Crippen LogP contribution in [-0.4, -0.2) is 44.9 Å². The van der Waals surface area contributed by atoms with Gasteiger partial charge in [0.15, 0.2) is 0 Å². The lowest BCUT2D eigenvalue weighted by atomic mass is 9.81. The maximum absolute atomic E-state index is 13.0. The number of hydrazine groups is 1. The molecule has 2 atom stereocenters. The molecule has 9 nitrogen and oxygen atoms in total. The molecule has 1 saturated heterocycles. The van der Waals surface area contributed by atoms with E-state index in [9.17, 15) is 19.2 Å². The molecule has 1 aliphatic carbocycles. The molecule has 0 bridgehead atoms. The van der Waals surface area contributed by atoms with Gasteiger partial charge in [-0.2, -0.15) is 5.10 Å². The highest BCUT2D eigenvalue weighted by Crippen LogP contribution is 2.38. The molecule has 2 heterocycles. The van der Waals surface area contributed by atoms with Gasteiger partial charge in [0, 0.05) is 24.7 Å². The molecule has 36 heavy (non-hydrogen) atoms. The lowest BCUT2D eigenvalue weighted by Crippen LogP contribution is -2.43. The summed E-state index contributed by atoms with van der Waals surface area (Å²) in [7, 11) is 0. The van der Waals surface area contributed by atoms with Gasteiger partial charge in [0.05, 0.1) is 23.1 Å². The highest BCUT2D eigenvalue weighted by atomic mass is 16.2. The molecule has 1 aromatic heterocycles.